The number of hydrogen-bond donors (Lipinski definition) is 0. The van der Waals surface area contributed by atoms with E-state index in [9.17, 15) is 0 Å². The van der Waals surface area contributed by atoms with Crippen LogP contribution in [0.2, 0.25) is 0 Å². The molecule has 0 unspecified atom stereocenters. The molecule has 3 heteroatoms. The number of aromatic nitrogens is 3. The zero-order valence-electron chi connectivity index (χ0n) is 13.2. The summed E-state index contributed by atoms with van der Waals surface area (Å²) >= 11 is 0. The van der Waals surface area contributed by atoms with Crippen molar-refractivity contribution in [2.75, 3.05) is 0 Å². The van der Waals surface area contributed by atoms with Gasteiger partial charge in [-0.25, -0.2) is 0 Å². The van der Waals surface area contributed by atoms with Gasteiger partial charge in [-0.05, 0) is 12.1 Å². The molecule has 0 aliphatic heterocycles. The lowest BCUT2D eigenvalue weighted by Crippen LogP contribution is -1.66. The molecule has 2 rings (SSSR count). The highest BCUT2D eigenvalue weighted by Crippen LogP contribution is 1.73. The molecule has 2 heterocycles. The van der Waals surface area contributed by atoms with E-state index in [0.29, 0.717) is 0 Å². The Morgan fingerprint density at radius 2 is 0.789 bits per heavy atom. The van der Waals surface area contributed by atoms with Crippen molar-refractivity contribution in [3.8, 4) is 0 Å². The van der Waals surface area contributed by atoms with Crippen LogP contribution in [0, 0.1) is 0 Å². The Balaban J connectivity index is -0.000000187. The summed E-state index contributed by atoms with van der Waals surface area (Å²) < 4.78 is 0. The predicted octanol–water partition coefficient (Wildman–Crippen LogP) is 5.03. The smallest absolute Gasteiger partial charge is 0.0451 e. The van der Waals surface area contributed by atoms with Gasteiger partial charge in [-0.3, -0.25) is 15.0 Å². The summed E-state index contributed by atoms with van der Waals surface area (Å²) in [6, 6.07) is 5.72. The molecular formula is C16H29N3. The standard InChI is InChI=1S/C5H5N.C4H4N2.C3H8.2C2H6/c1-2-4-6-5-3-1;1-2-6-4-3-5-1;1-3-2;2*1-2/h1-5H;1-4H;3H2,1-2H3;2*1-2H3. The Hall–Kier alpha value is -1.77. The molecule has 0 spiro atoms. The third-order valence-electron chi connectivity index (χ3n) is 1.04. The van der Waals surface area contributed by atoms with Crippen LogP contribution in [0.5, 0.6) is 0 Å². The van der Waals surface area contributed by atoms with Gasteiger partial charge in [0, 0.05) is 37.2 Å². The average Bonchev–Trinajstić information content (AvgIpc) is 2.56. The van der Waals surface area contributed by atoms with Crippen molar-refractivity contribution in [1.82, 2.24) is 15.0 Å². The van der Waals surface area contributed by atoms with Crippen molar-refractivity contribution in [3.63, 3.8) is 0 Å². The molecular weight excluding hydrogens is 234 g/mol. The molecule has 0 saturated carbocycles. The summed E-state index contributed by atoms with van der Waals surface area (Å²) in [4.78, 5) is 11.2. The minimum atomic E-state index is 1.25. The van der Waals surface area contributed by atoms with Gasteiger partial charge in [-0.1, -0.05) is 54.0 Å². The van der Waals surface area contributed by atoms with Crippen LogP contribution in [-0.2, 0) is 0 Å². The largest absolute Gasteiger partial charge is 0.265 e. The number of nitrogens with zero attached hydrogens (tertiary/aromatic N) is 3. The molecule has 2 aromatic heterocycles. The lowest BCUT2D eigenvalue weighted by Gasteiger charge is -1.70. The van der Waals surface area contributed by atoms with Crippen molar-refractivity contribution in [1.29, 1.82) is 0 Å². The average molecular weight is 263 g/mol. The molecule has 0 aliphatic rings. The Labute approximate surface area is 119 Å². The second-order valence-corrected chi connectivity index (χ2v) is 2.63. The van der Waals surface area contributed by atoms with E-state index < -0.39 is 0 Å². The van der Waals surface area contributed by atoms with Crippen LogP contribution in [0.3, 0.4) is 0 Å². The monoisotopic (exact) mass is 263 g/mol. The van der Waals surface area contributed by atoms with E-state index >= 15 is 0 Å². The first kappa shape index (κ1) is 22.4. The molecule has 0 atom stereocenters. The summed E-state index contributed by atoms with van der Waals surface area (Å²) in [7, 11) is 0. The van der Waals surface area contributed by atoms with Crippen molar-refractivity contribution < 1.29 is 0 Å². The molecule has 0 bridgehead atoms. The van der Waals surface area contributed by atoms with Gasteiger partial charge >= 0.3 is 0 Å². The van der Waals surface area contributed by atoms with Gasteiger partial charge in [0.05, 0.1) is 0 Å². The van der Waals surface area contributed by atoms with Crippen molar-refractivity contribution >= 4 is 0 Å². The summed E-state index contributed by atoms with van der Waals surface area (Å²) in [6.45, 7) is 12.2. The van der Waals surface area contributed by atoms with Gasteiger partial charge in [-0.15, -0.1) is 0 Å². The number of rotatable bonds is 0. The summed E-state index contributed by atoms with van der Waals surface area (Å²) in [6.07, 6.45) is 11.3. The van der Waals surface area contributed by atoms with Crippen LogP contribution in [0.15, 0.2) is 55.4 Å². The summed E-state index contributed by atoms with van der Waals surface area (Å²) in [5.41, 5.74) is 0. The maximum Gasteiger partial charge on any atom is 0.0451 e. The molecule has 3 nitrogen and oxygen atoms in total. The van der Waals surface area contributed by atoms with Gasteiger partial charge in [0.1, 0.15) is 0 Å². The topological polar surface area (TPSA) is 38.7 Å². The highest BCUT2D eigenvalue weighted by molar-refractivity contribution is 4.88. The Morgan fingerprint density at radius 3 is 0.895 bits per heavy atom. The van der Waals surface area contributed by atoms with Crippen molar-refractivity contribution in [2.45, 2.75) is 48.0 Å². The SMILES string of the molecule is CC.CC.CCC.c1ccncc1.c1cnccn1. The molecule has 0 amide bonds. The van der Waals surface area contributed by atoms with E-state index in [1.54, 1.807) is 37.2 Å². The number of pyridine rings is 1. The fraction of sp³-hybridized carbons (Fsp3) is 0.438. The lowest BCUT2D eigenvalue weighted by molar-refractivity contribution is 1.09. The van der Waals surface area contributed by atoms with Crippen LogP contribution in [0.4, 0.5) is 0 Å². The molecule has 0 N–H and O–H groups in total. The third kappa shape index (κ3) is 31.4. The lowest BCUT2D eigenvalue weighted by atomic mass is 10.5. The summed E-state index contributed by atoms with van der Waals surface area (Å²) in [5, 5.41) is 0. The second kappa shape index (κ2) is 29.9. The highest BCUT2D eigenvalue weighted by Gasteiger charge is 1.59. The van der Waals surface area contributed by atoms with Gasteiger partial charge in [-0.2, -0.15) is 0 Å². The molecule has 0 fully saturated rings. The zero-order valence-corrected chi connectivity index (χ0v) is 13.2. The van der Waals surface area contributed by atoms with E-state index in [1.165, 1.54) is 6.42 Å². The first-order valence-electron chi connectivity index (χ1n) is 6.96. The highest BCUT2D eigenvalue weighted by atomic mass is 14.7. The fourth-order valence-corrected chi connectivity index (χ4v) is 0.566. The molecule has 0 aromatic carbocycles. The molecule has 0 radical (unpaired) electrons. The van der Waals surface area contributed by atoms with Gasteiger partial charge < -0.3 is 0 Å². The Morgan fingerprint density at radius 1 is 0.526 bits per heavy atom. The second-order valence-electron chi connectivity index (χ2n) is 2.63. The first-order chi connectivity index (χ1) is 9.41. The zero-order chi connectivity index (χ0) is 15.2. The van der Waals surface area contributed by atoms with Crippen LogP contribution < -0.4 is 0 Å². The Bertz CT molecular complexity index is 200. The molecule has 2 aromatic rings. The first-order valence-corrected chi connectivity index (χ1v) is 6.96. The predicted molar refractivity (Wildman–Crippen MR) is 84.9 cm³/mol. The molecule has 108 valence electrons. The van der Waals surface area contributed by atoms with Crippen molar-refractivity contribution in [3.05, 3.63) is 55.4 Å². The molecule has 0 aliphatic carbocycles. The minimum Gasteiger partial charge on any atom is -0.265 e. The summed E-state index contributed by atoms with van der Waals surface area (Å²) in [5.74, 6) is 0. The fourth-order valence-electron chi connectivity index (χ4n) is 0.566. The van der Waals surface area contributed by atoms with Gasteiger partial charge in [0.15, 0.2) is 0 Å². The maximum atomic E-state index is 3.78. The van der Waals surface area contributed by atoms with Crippen LogP contribution >= 0.6 is 0 Å². The van der Waals surface area contributed by atoms with E-state index in [2.05, 4.69) is 28.8 Å². The minimum absolute atomic E-state index is 1.25. The van der Waals surface area contributed by atoms with E-state index in [-0.39, 0.29) is 0 Å². The van der Waals surface area contributed by atoms with E-state index in [0.717, 1.165) is 0 Å². The van der Waals surface area contributed by atoms with Crippen LogP contribution in [0.1, 0.15) is 48.0 Å². The van der Waals surface area contributed by atoms with Gasteiger partial charge in [0.2, 0.25) is 0 Å². The molecule has 19 heavy (non-hydrogen) atoms. The van der Waals surface area contributed by atoms with Crippen LogP contribution in [-0.4, -0.2) is 15.0 Å². The third-order valence-corrected chi connectivity index (χ3v) is 1.04. The molecule has 0 saturated heterocycles. The van der Waals surface area contributed by atoms with Crippen LogP contribution in [0.25, 0.3) is 0 Å². The number of hydrogen-bond acceptors (Lipinski definition) is 3. The van der Waals surface area contributed by atoms with Gasteiger partial charge in [0.25, 0.3) is 0 Å². The quantitative estimate of drug-likeness (QED) is 0.669. The Kier molecular flexibility index (Phi) is 35.2. The van der Waals surface area contributed by atoms with E-state index in [4.69, 9.17) is 0 Å². The van der Waals surface area contributed by atoms with Crippen molar-refractivity contribution in [2.24, 2.45) is 0 Å². The maximum absolute atomic E-state index is 3.78. The normalized spacial score (nSPS) is 6.63. The van der Waals surface area contributed by atoms with E-state index in [1.807, 2.05) is 45.9 Å².